The van der Waals surface area contributed by atoms with Crippen LogP contribution in [0.25, 0.3) is 6.08 Å². The van der Waals surface area contributed by atoms with Crippen LogP contribution < -0.4 is 5.32 Å². The van der Waals surface area contributed by atoms with Gasteiger partial charge in [0.25, 0.3) is 0 Å². The maximum atomic E-state index is 5.16. The summed E-state index contributed by atoms with van der Waals surface area (Å²) in [6.07, 6.45) is 3.17. The van der Waals surface area contributed by atoms with E-state index in [4.69, 9.17) is 4.52 Å². The Labute approximate surface area is 120 Å². The van der Waals surface area contributed by atoms with Crippen LogP contribution >= 0.6 is 0 Å². The van der Waals surface area contributed by atoms with Crippen LogP contribution in [-0.2, 0) is 6.42 Å². The molecule has 0 saturated heterocycles. The van der Waals surface area contributed by atoms with Crippen molar-refractivity contribution in [2.75, 3.05) is 13.1 Å². The first kappa shape index (κ1) is 14.5. The highest BCUT2D eigenvalue weighted by Crippen LogP contribution is 2.12. The molecule has 2 rings (SSSR count). The summed E-state index contributed by atoms with van der Waals surface area (Å²) >= 11 is 0. The number of aryl methyl sites for hydroxylation is 2. The average molecular weight is 270 g/mol. The third-order valence-electron chi connectivity index (χ3n) is 3.35. The van der Waals surface area contributed by atoms with Crippen LogP contribution in [0.5, 0.6) is 0 Å². The molecule has 0 amide bonds. The third kappa shape index (κ3) is 4.07. The first-order valence-corrected chi connectivity index (χ1v) is 7.01. The molecule has 1 aromatic heterocycles. The van der Waals surface area contributed by atoms with E-state index < -0.39 is 0 Å². The maximum Gasteiger partial charge on any atom is 0.137 e. The molecule has 0 saturated carbocycles. The molecule has 0 bridgehead atoms. The van der Waals surface area contributed by atoms with Crippen molar-refractivity contribution in [1.29, 1.82) is 0 Å². The maximum absolute atomic E-state index is 5.16. The lowest BCUT2D eigenvalue weighted by Crippen LogP contribution is -2.19. The Morgan fingerprint density at radius 3 is 2.65 bits per heavy atom. The average Bonchev–Trinajstić information content (AvgIpc) is 2.76. The molecule has 20 heavy (non-hydrogen) atoms. The van der Waals surface area contributed by atoms with E-state index in [-0.39, 0.29) is 0 Å². The fourth-order valence-corrected chi connectivity index (χ4v) is 2.24. The molecule has 2 aromatic rings. The van der Waals surface area contributed by atoms with Gasteiger partial charge in [-0.2, -0.15) is 0 Å². The van der Waals surface area contributed by atoms with E-state index >= 15 is 0 Å². The van der Waals surface area contributed by atoms with Crippen LogP contribution in [0, 0.1) is 13.8 Å². The standard InChI is InChI=1S/C17H22N2O/c1-13(11-16-7-5-4-6-8-16)12-18-10-9-17-14(2)19-20-15(17)3/h4-8,11,18H,9-10,12H2,1-3H3/b13-11-. The van der Waals surface area contributed by atoms with Gasteiger partial charge in [0.05, 0.1) is 5.69 Å². The molecule has 0 atom stereocenters. The predicted octanol–water partition coefficient (Wildman–Crippen LogP) is 3.53. The molecular weight excluding hydrogens is 248 g/mol. The Balaban J connectivity index is 1.77. The van der Waals surface area contributed by atoms with Gasteiger partial charge in [0.15, 0.2) is 0 Å². The Bertz CT molecular complexity index is 550. The number of hydrogen-bond donors (Lipinski definition) is 1. The molecule has 1 heterocycles. The van der Waals surface area contributed by atoms with Gasteiger partial charge in [-0.1, -0.05) is 47.1 Å². The first-order chi connectivity index (χ1) is 9.66. The van der Waals surface area contributed by atoms with Crippen LogP contribution in [0.2, 0.25) is 0 Å². The molecule has 1 aromatic carbocycles. The van der Waals surface area contributed by atoms with Crippen LogP contribution in [0.3, 0.4) is 0 Å². The monoisotopic (exact) mass is 270 g/mol. The van der Waals surface area contributed by atoms with E-state index in [1.807, 2.05) is 19.9 Å². The first-order valence-electron chi connectivity index (χ1n) is 7.01. The Kier molecular flexibility index (Phi) is 5.13. The van der Waals surface area contributed by atoms with Gasteiger partial charge in [-0.15, -0.1) is 0 Å². The summed E-state index contributed by atoms with van der Waals surface area (Å²) in [5.41, 5.74) is 4.80. The van der Waals surface area contributed by atoms with Crippen molar-refractivity contribution in [2.24, 2.45) is 0 Å². The second-order valence-corrected chi connectivity index (χ2v) is 5.13. The number of hydrogen-bond acceptors (Lipinski definition) is 3. The lowest BCUT2D eigenvalue weighted by Gasteiger charge is -2.05. The summed E-state index contributed by atoms with van der Waals surface area (Å²) in [5, 5.41) is 7.43. The molecule has 0 aliphatic heterocycles. The molecule has 3 heteroatoms. The summed E-state index contributed by atoms with van der Waals surface area (Å²) in [5.74, 6) is 0.931. The molecule has 1 N–H and O–H groups in total. The third-order valence-corrected chi connectivity index (χ3v) is 3.35. The second kappa shape index (κ2) is 7.06. The summed E-state index contributed by atoms with van der Waals surface area (Å²) in [6, 6.07) is 10.4. The van der Waals surface area contributed by atoms with Crippen LogP contribution in [0.4, 0.5) is 0 Å². The molecule has 0 unspecified atom stereocenters. The zero-order chi connectivity index (χ0) is 14.4. The van der Waals surface area contributed by atoms with Crippen molar-refractivity contribution in [2.45, 2.75) is 27.2 Å². The highest BCUT2D eigenvalue weighted by atomic mass is 16.5. The van der Waals surface area contributed by atoms with Gasteiger partial charge in [-0.25, -0.2) is 0 Å². The molecular formula is C17H22N2O. The molecule has 0 aliphatic rings. The van der Waals surface area contributed by atoms with E-state index in [1.165, 1.54) is 16.7 Å². The number of aromatic nitrogens is 1. The highest BCUT2D eigenvalue weighted by molar-refractivity contribution is 5.52. The van der Waals surface area contributed by atoms with Gasteiger partial charge in [0.1, 0.15) is 5.76 Å². The van der Waals surface area contributed by atoms with Crippen molar-refractivity contribution >= 4 is 6.08 Å². The van der Waals surface area contributed by atoms with Crippen LogP contribution in [-0.4, -0.2) is 18.2 Å². The normalized spacial score (nSPS) is 11.8. The SMILES string of the molecule is C/C(=C/c1ccccc1)CNCCc1c(C)noc1C. The van der Waals surface area contributed by atoms with Crippen molar-refractivity contribution < 1.29 is 4.52 Å². The van der Waals surface area contributed by atoms with Crippen LogP contribution in [0.1, 0.15) is 29.5 Å². The van der Waals surface area contributed by atoms with Crippen molar-refractivity contribution in [3.05, 3.63) is 58.5 Å². The smallest absolute Gasteiger partial charge is 0.137 e. The fourth-order valence-electron chi connectivity index (χ4n) is 2.24. The quantitative estimate of drug-likeness (QED) is 0.816. The van der Waals surface area contributed by atoms with Crippen molar-refractivity contribution in [3.63, 3.8) is 0 Å². The number of nitrogens with zero attached hydrogens (tertiary/aromatic N) is 1. The summed E-state index contributed by atoms with van der Waals surface area (Å²) < 4.78 is 5.16. The number of rotatable bonds is 6. The molecule has 0 aliphatic carbocycles. The minimum absolute atomic E-state index is 0.901. The largest absolute Gasteiger partial charge is 0.361 e. The second-order valence-electron chi connectivity index (χ2n) is 5.13. The van der Waals surface area contributed by atoms with Crippen molar-refractivity contribution in [1.82, 2.24) is 10.5 Å². The van der Waals surface area contributed by atoms with E-state index in [1.54, 1.807) is 0 Å². The molecule has 3 nitrogen and oxygen atoms in total. The Morgan fingerprint density at radius 1 is 1.25 bits per heavy atom. The predicted molar refractivity (Wildman–Crippen MR) is 82.6 cm³/mol. The number of nitrogens with one attached hydrogen (secondary N) is 1. The highest BCUT2D eigenvalue weighted by Gasteiger charge is 2.07. The zero-order valence-electron chi connectivity index (χ0n) is 12.4. The lowest BCUT2D eigenvalue weighted by molar-refractivity contribution is 0.392. The van der Waals surface area contributed by atoms with Gasteiger partial charge in [0, 0.05) is 12.1 Å². The van der Waals surface area contributed by atoms with Gasteiger partial charge in [0.2, 0.25) is 0 Å². The Hall–Kier alpha value is -1.87. The summed E-state index contributed by atoms with van der Waals surface area (Å²) in [4.78, 5) is 0. The minimum atomic E-state index is 0.901. The van der Waals surface area contributed by atoms with Gasteiger partial charge in [-0.05, 0) is 39.3 Å². The van der Waals surface area contributed by atoms with Crippen LogP contribution in [0.15, 0.2) is 40.4 Å². The molecule has 0 fully saturated rings. The molecule has 106 valence electrons. The van der Waals surface area contributed by atoms with E-state index in [0.29, 0.717) is 0 Å². The van der Waals surface area contributed by atoms with Gasteiger partial charge in [-0.3, -0.25) is 0 Å². The minimum Gasteiger partial charge on any atom is -0.361 e. The topological polar surface area (TPSA) is 38.1 Å². The lowest BCUT2D eigenvalue weighted by atomic mass is 10.1. The molecule has 0 spiro atoms. The summed E-state index contributed by atoms with van der Waals surface area (Å²) in [6.45, 7) is 7.94. The van der Waals surface area contributed by atoms with E-state index in [9.17, 15) is 0 Å². The van der Waals surface area contributed by atoms with Crippen molar-refractivity contribution in [3.8, 4) is 0 Å². The zero-order valence-corrected chi connectivity index (χ0v) is 12.4. The van der Waals surface area contributed by atoms with Gasteiger partial charge >= 0.3 is 0 Å². The Morgan fingerprint density at radius 2 is 2.00 bits per heavy atom. The van der Waals surface area contributed by atoms with E-state index in [2.05, 4.69) is 47.7 Å². The fraction of sp³-hybridized carbons (Fsp3) is 0.353. The molecule has 0 radical (unpaired) electrons. The van der Waals surface area contributed by atoms with Gasteiger partial charge < -0.3 is 9.84 Å². The van der Waals surface area contributed by atoms with E-state index in [0.717, 1.165) is 31.0 Å². The summed E-state index contributed by atoms with van der Waals surface area (Å²) in [7, 11) is 0. The number of benzene rings is 1.